The summed E-state index contributed by atoms with van der Waals surface area (Å²) < 4.78 is 16.2. The van der Waals surface area contributed by atoms with E-state index in [1.54, 1.807) is 7.11 Å². The summed E-state index contributed by atoms with van der Waals surface area (Å²) in [6, 6.07) is -0.486. The average molecular weight is 184 g/mol. The lowest BCUT2D eigenvalue weighted by Crippen LogP contribution is -2.52. The summed E-state index contributed by atoms with van der Waals surface area (Å²) in [5, 5.41) is 9.27. The van der Waals surface area contributed by atoms with Crippen LogP contribution in [0.4, 0.5) is 0 Å². The Morgan fingerprint density at radius 3 is 3.00 bits per heavy atom. The molecule has 0 aromatic rings. The van der Waals surface area contributed by atoms with E-state index in [1.165, 1.54) is 0 Å². The Labute approximate surface area is 78.6 Å². The predicted molar refractivity (Wildman–Crippen MR) is 45.6 cm³/mol. The molecule has 0 spiro atoms. The van der Waals surface area contributed by atoms with Crippen molar-refractivity contribution in [3.05, 3.63) is 0 Å². The van der Waals surface area contributed by atoms with Crippen LogP contribution in [0.3, 0.4) is 0 Å². The van der Waals surface area contributed by atoms with Crippen molar-refractivity contribution in [2.45, 2.75) is 30.2 Å². The Kier molecular flexibility index (Phi) is 2.36. The maximum atomic E-state index is 9.27. The van der Waals surface area contributed by atoms with E-state index in [2.05, 4.69) is 0 Å². The molecule has 2 aliphatic rings. The first-order chi connectivity index (χ1) is 6.23. The molecule has 2 aliphatic heterocycles. The zero-order valence-corrected chi connectivity index (χ0v) is 7.60. The van der Waals surface area contributed by atoms with Crippen LogP contribution in [0.1, 0.15) is 6.42 Å². The summed E-state index contributed by atoms with van der Waals surface area (Å²) in [7, 11) is 7.29. The van der Waals surface area contributed by atoms with Gasteiger partial charge in [-0.15, -0.1) is 0 Å². The summed E-state index contributed by atoms with van der Waals surface area (Å²) in [6.45, 7) is 0.498. The topological polar surface area (TPSA) is 47.9 Å². The monoisotopic (exact) mass is 184 g/mol. The second-order valence-corrected chi connectivity index (χ2v) is 3.55. The van der Waals surface area contributed by atoms with Gasteiger partial charge in [0.15, 0.2) is 0 Å². The predicted octanol–water partition coefficient (Wildman–Crippen LogP) is -0.954. The van der Waals surface area contributed by atoms with E-state index in [4.69, 9.17) is 22.1 Å². The fourth-order valence-electron chi connectivity index (χ4n) is 2.18. The lowest BCUT2D eigenvalue weighted by atomic mass is 9.86. The van der Waals surface area contributed by atoms with Gasteiger partial charge in [-0.05, 0) is 0 Å². The summed E-state index contributed by atoms with van der Waals surface area (Å²) in [6.07, 6.45) is 0.138. The molecule has 2 radical (unpaired) electrons. The Hall–Kier alpha value is -0.0951. The molecule has 2 heterocycles. The minimum absolute atomic E-state index is 0.0704. The fourth-order valence-corrected chi connectivity index (χ4v) is 2.18. The van der Waals surface area contributed by atoms with Crippen LogP contribution >= 0.6 is 0 Å². The number of aliphatic hydroxyl groups is 1. The third-order valence-electron chi connectivity index (χ3n) is 2.87. The van der Waals surface area contributed by atoms with Crippen LogP contribution in [0.25, 0.3) is 0 Å². The smallest absolute Gasteiger partial charge is 0.121 e. The Balaban J connectivity index is 2.24. The zero-order valence-electron chi connectivity index (χ0n) is 7.60. The van der Waals surface area contributed by atoms with Crippen LogP contribution in [-0.2, 0) is 14.2 Å². The minimum atomic E-state index is -0.642. The standard InChI is InChI=1S/C8H13BO4/c1-11-6-5-7(9)13-8(6,4-10)2-3-12-5/h5-7,10H,2-4H2,1H3/t5?,6?,7-,8-/m1/s1. The van der Waals surface area contributed by atoms with Crippen LogP contribution < -0.4 is 0 Å². The van der Waals surface area contributed by atoms with Crippen LogP contribution in [0.2, 0.25) is 0 Å². The normalized spacial score (nSPS) is 49.5. The molecular formula is C8H13BO4. The highest BCUT2D eigenvalue weighted by molar-refractivity contribution is 6.11. The summed E-state index contributed by atoms with van der Waals surface area (Å²) >= 11 is 0. The molecule has 4 atom stereocenters. The third kappa shape index (κ3) is 1.22. The lowest BCUT2D eigenvalue weighted by Gasteiger charge is -2.36. The van der Waals surface area contributed by atoms with Gasteiger partial charge < -0.3 is 19.3 Å². The Morgan fingerprint density at radius 2 is 2.46 bits per heavy atom. The summed E-state index contributed by atoms with van der Waals surface area (Å²) in [5.74, 6) is 0. The highest BCUT2D eigenvalue weighted by Crippen LogP contribution is 2.39. The molecule has 5 heteroatoms. The van der Waals surface area contributed by atoms with Crippen molar-refractivity contribution in [2.24, 2.45) is 0 Å². The molecule has 0 saturated carbocycles. The lowest BCUT2D eigenvalue weighted by molar-refractivity contribution is -0.150. The van der Waals surface area contributed by atoms with Gasteiger partial charge in [-0.2, -0.15) is 0 Å². The van der Waals surface area contributed by atoms with Crippen molar-refractivity contribution in [3.63, 3.8) is 0 Å². The molecule has 2 fully saturated rings. The molecule has 0 aromatic carbocycles. The first-order valence-corrected chi connectivity index (χ1v) is 4.42. The molecule has 2 bridgehead atoms. The second-order valence-electron chi connectivity index (χ2n) is 3.55. The highest BCUT2D eigenvalue weighted by atomic mass is 16.6. The van der Waals surface area contributed by atoms with Gasteiger partial charge >= 0.3 is 0 Å². The van der Waals surface area contributed by atoms with Crippen molar-refractivity contribution < 1.29 is 19.3 Å². The molecule has 4 nitrogen and oxygen atoms in total. The van der Waals surface area contributed by atoms with Crippen LogP contribution in [0, 0.1) is 0 Å². The number of ether oxygens (including phenoxy) is 3. The van der Waals surface area contributed by atoms with E-state index in [-0.39, 0.29) is 18.8 Å². The van der Waals surface area contributed by atoms with Gasteiger partial charge in [0, 0.05) is 19.5 Å². The van der Waals surface area contributed by atoms with Gasteiger partial charge in [-0.25, -0.2) is 0 Å². The maximum Gasteiger partial charge on any atom is 0.121 e. The largest absolute Gasteiger partial charge is 0.393 e. The molecule has 0 aliphatic carbocycles. The maximum absolute atomic E-state index is 9.27. The van der Waals surface area contributed by atoms with Crippen LogP contribution in [0.5, 0.6) is 0 Å². The van der Waals surface area contributed by atoms with Gasteiger partial charge in [-0.1, -0.05) is 0 Å². The van der Waals surface area contributed by atoms with E-state index < -0.39 is 11.6 Å². The van der Waals surface area contributed by atoms with E-state index in [9.17, 15) is 5.11 Å². The highest BCUT2D eigenvalue weighted by Gasteiger charge is 2.56. The number of hydrogen-bond acceptors (Lipinski definition) is 4. The van der Waals surface area contributed by atoms with Crippen molar-refractivity contribution in [3.8, 4) is 0 Å². The van der Waals surface area contributed by atoms with Gasteiger partial charge in [-0.3, -0.25) is 0 Å². The summed E-state index contributed by atoms with van der Waals surface area (Å²) in [5.41, 5.74) is -0.642. The number of aliphatic hydroxyl groups excluding tert-OH is 1. The molecule has 13 heavy (non-hydrogen) atoms. The second kappa shape index (κ2) is 3.24. The SMILES string of the molecule is [B][C@@H]1O[C@@]2(CO)CCOC1C2OC. The number of hydrogen-bond donors (Lipinski definition) is 1. The van der Waals surface area contributed by atoms with Crippen molar-refractivity contribution in [1.82, 2.24) is 0 Å². The van der Waals surface area contributed by atoms with Crippen molar-refractivity contribution >= 4 is 7.85 Å². The first-order valence-electron chi connectivity index (χ1n) is 4.42. The first kappa shape index (κ1) is 9.46. The molecular weight excluding hydrogens is 171 g/mol. The fraction of sp³-hybridized carbons (Fsp3) is 1.00. The van der Waals surface area contributed by atoms with Gasteiger partial charge in [0.05, 0.1) is 13.2 Å². The van der Waals surface area contributed by atoms with Crippen molar-refractivity contribution in [1.29, 1.82) is 0 Å². The minimum Gasteiger partial charge on any atom is -0.393 e. The molecule has 72 valence electrons. The summed E-state index contributed by atoms with van der Waals surface area (Å²) in [4.78, 5) is 0. The van der Waals surface area contributed by atoms with E-state index in [0.29, 0.717) is 13.0 Å². The number of rotatable bonds is 2. The molecule has 2 rings (SSSR count). The van der Waals surface area contributed by atoms with E-state index in [0.717, 1.165) is 0 Å². The molecule has 2 unspecified atom stereocenters. The average Bonchev–Trinajstić information content (AvgIpc) is 2.30. The Morgan fingerprint density at radius 1 is 1.69 bits per heavy atom. The molecule has 2 saturated heterocycles. The number of methoxy groups -OCH3 is 1. The molecule has 1 N–H and O–H groups in total. The van der Waals surface area contributed by atoms with Crippen LogP contribution in [0.15, 0.2) is 0 Å². The van der Waals surface area contributed by atoms with Crippen LogP contribution in [-0.4, -0.2) is 57.1 Å². The van der Waals surface area contributed by atoms with E-state index in [1.807, 2.05) is 0 Å². The zero-order chi connectivity index (χ0) is 9.47. The van der Waals surface area contributed by atoms with Gasteiger partial charge in [0.2, 0.25) is 0 Å². The van der Waals surface area contributed by atoms with Gasteiger partial charge in [0.25, 0.3) is 0 Å². The molecule has 0 amide bonds. The van der Waals surface area contributed by atoms with Gasteiger partial charge in [0.1, 0.15) is 25.7 Å². The quantitative estimate of drug-likeness (QED) is 0.562. The van der Waals surface area contributed by atoms with E-state index >= 15 is 0 Å². The molecule has 0 aromatic heterocycles. The van der Waals surface area contributed by atoms with Crippen molar-refractivity contribution in [2.75, 3.05) is 20.3 Å². The number of fused-ring (bicyclic) bond motifs is 2. The Bertz CT molecular complexity index is 201. The third-order valence-corrected chi connectivity index (χ3v) is 2.87.